The van der Waals surface area contributed by atoms with Crippen molar-refractivity contribution in [3.05, 3.63) is 48.5 Å². The van der Waals surface area contributed by atoms with E-state index < -0.39 is 88.0 Å². The summed E-state index contributed by atoms with van der Waals surface area (Å²) in [6, 6.07) is 6.27. The van der Waals surface area contributed by atoms with Crippen molar-refractivity contribution < 1.29 is 57.0 Å². The van der Waals surface area contributed by atoms with E-state index in [9.17, 15) is 62.7 Å². The number of hydrogen-bond donors (Lipinski definition) is 5. The topological polar surface area (TPSA) is 285 Å². The molecule has 16 nitrogen and oxygen atoms in total. The molecule has 0 fully saturated rings. The first-order valence-electron chi connectivity index (χ1n) is 10.1. The molecular formula is C20H13N3O13S4. The van der Waals surface area contributed by atoms with Crippen LogP contribution < -0.4 is 5.73 Å². The van der Waals surface area contributed by atoms with E-state index in [0.29, 0.717) is 24.3 Å². The Balaban J connectivity index is 2.11. The van der Waals surface area contributed by atoms with Crippen molar-refractivity contribution in [3.63, 3.8) is 0 Å². The van der Waals surface area contributed by atoms with Crippen molar-refractivity contribution in [1.29, 1.82) is 0 Å². The highest BCUT2D eigenvalue weighted by Gasteiger charge is 2.26. The molecule has 0 amide bonds. The summed E-state index contributed by atoms with van der Waals surface area (Å²) in [6.07, 6.45) is 0. The van der Waals surface area contributed by atoms with Gasteiger partial charge in [0.1, 0.15) is 26.1 Å². The number of hydrogen-bond acceptors (Lipinski definition) is 11. The molecular weight excluding hydrogens is 618 g/mol. The van der Waals surface area contributed by atoms with Crippen LogP contribution >= 0.6 is 0 Å². The van der Waals surface area contributed by atoms with Crippen LogP contribution in [0.5, 0.6) is 5.75 Å². The summed E-state index contributed by atoms with van der Waals surface area (Å²) < 4.78 is 134. The number of fused-ring (bicyclic) bond motifs is 2. The van der Waals surface area contributed by atoms with Crippen LogP contribution in [0.15, 0.2) is 78.3 Å². The highest BCUT2D eigenvalue weighted by molar-refractivity contribution is 7.87. The van der Waals surface area contributed by atoms with Gasteiger partial charge >= 0.3 is 0 Å². The SMILES string of the molecule is [N]c1ccc2cc(S(=O)(=O)O)c(N=Nc3cc4c(S(=O)(=O)O)cc(S(=O)(=O)O)cc4cc3S(=O)(=O)O)c(O)c2c1. The zero-order chi connectivity index (χ0) is 30.0. The lowest BCUT2D eigenvalue weighted by Gasteiger charge is -2.11. The van der Waals surface area contributed by atoms with Gasteiger partial charge in [0.2, 0.25) is 0 Å². The Labute approximate surface area is 225 Å². The van der Waals surface area contributed by atoms with Crippen LogP contribution in [0.2, 0.25) is 0 Å². The molecule has 0 aliphatic rings. The first kappa shape index (κ1) is 29.2. The van der Waals surface area contributed by atoms with Crippen LogP contribution in [0, 0.1) is 0 Å². The summed E-state index contributed by atoms with van der Waals surface area (Å²) in [6.45, 7) is 0. The Bertz CT molecular complexity index is 2230. The van der Waals surface area contributed by atoms with E-state index in [4.69, 9.17) is 0 Å². The quantitative estimate of drug-likeness (QED) is 0.151. The zero-order valence-electron chi connectivity index (χ0n) is 19.1. The molecule has 0 spiro atoms. The van der Waals surface area contributed by atoms with E-state index in [1.54, 1.807) is 0 Å². The lowest BCUT2D eigenvalue weighted by atomic mass is 10.1. The molecule has 4 aromatic carbocycles. The average molecular weight is 632 g/mol. The van der Waals surface area contributed by atoms with Crippen molar-refractivity contribution in [2.75, 3.05) is 0 Å². The monoisotopic (exact) mass is 631 g/mol. The molecule has 0 aliphatic carbocycles. The number of rotatable bonds is 6. The van der Waals surface area contributed by atoms with Crippen molar-refractivity contribution in [3.8, 4) is 5.75 Å². The van der Waals surface area contributed by atoms with Gasteiger partial charge in [-0.3, -0.25) is 18.2 Å². The second kappa shape index (κ2) is 9.42. The van der Waals surface area contributed by atoms with Gasteiger partial charge in [-0.25, -0.2) is 0 Å². The molecule has 0 aromatic heterocycles. The normalized spacial score (nSPS) is 13.4. The van der Waals surface area contributed by atoms with Crippen LogP contribution in [0.1, 0.15) is 0 Å². The third kappa shape index (κ3) is 5.59. The minimum atomic E-state index is -5.26. The number of benzene rings is 4. The molecule has 210 valence electrons. The smallest absolute Gasteiger partial charge is 0.296 e. The minimum Gasteiger partial charge on any atom is -0.505 e. The lowest BCUT2D eigenvalue weighted by Crippen LogP contribution is -2.05. The van der Waals surface area contributed by atoms with Crippen molar-refractivity contribution in [1.82, 2.24) is 5.73 Å². The highest BCUT2D eigenvalue weighted by Crippen LogP contribution is 2.43. The summed E-state index contributed by atoms with van der Waals surface area (Å²) in [7, 11) is -20.7. The second-order valence-corrected chi connectivity index (χ2v) is 13.6. The van der Waals surface area contributed by atoms with Crippen molar-refractivity contribution >= 4 is 79.1 Å². The largest absolute Gasteiger partial charge is 0.505 e. The van der Waals surface area contributed by atoms with E-state index in [-0.39, 0.29) is 16.5 Å². The van der Waals surface area contributed by atoms with E-state index in [1.165, 1.54) is 6.07 Å². The molecule has 0 unspecified atom stereocenters. The molecule has 0 saturated carbocycles. The van der Waals surface area contributed by atoms with Gasteiger partial charge in [0, 0.05) is 10.8 Å². The molecule has 4 rings (SSSR count). The summed E-state index contributed by atoms with van der Waals surface area (Å²) >= 11 is 0. The van der Waals surface area contributed by atoms with Crippen LogP contribution in [0.25, 0.3) is 21.5 Å². The maximum Gasteiger partial charge on any atom is 0.296 e. The Morgan fingerprint density at radius 3 is 1.70 bits per heavy atom. The first-order chi connectivity index (χ1) is 18.2. The van der Waals surface area contributed by atoms with Gasteiger partial charge in [-0.15, -0.1) is 10.2 Å². The fourth-order valence-corrected chi connectivity index (χ4v) is 6.34. The van der Waals surface area contributed by atoms with E-state index in [0.717, 1.165) is 18.2 Å². The van der Waals surface area contributed by atoms with Crippen molar-refractivity contribution in [2.45, 2.75) is 19.6 Å². The molecule has 0 aliphatic heterocycles. The van der Waals surface area contributed by atoms with Gasteiger partial charge in [-0.05, 0) is 53.2 Å². The molecule has 0 bridgehead atoms. The second-order valence-electron chi connectivity index (χ2n) is 8.04. The highest BCUT2D eigenvalue weighted by atomic mass is 32.2. The lowest BCUT2D eigenvalue weighted by molar-refractivity contribution is 0.471. The fraction of sp³-hybridized carbons (Fsp3) is 0. The summed E-state index contributed by atoms with van der Waals surface area (Å²) in [5.74, 6) is -0.949. The zero-order valence-corrected chi connectivity index (χ0v) is 22.4. The minimum absolute atomic E-state index is 0.0126. The summed E-state index contributed by atoms with van der Waals surface area (Å²) in [4.78, 5) is -4.36. The van der Waals surface area contributed by atoms with E-state index in [2.05, 4.69) is 10.2 Å². The Hall–Kier alpha value is -3.76. The van der Waals surface area contributed by atoms with Crippen molar-refractivity contribution in [2.24, 2.45) is 10.2 Å². The molecule has 2 radical (unpaired) electrons. The number of phenols is 1. The summed E-state index contributed by atoms with van der Waals surface area (Å²) in [5.41, 5.74) is 7.49. The van der Waals surface area contributed by atoms with Gasteiger partial charge in [0.05, 0.1) is 10.6 Å². The van der Waals surface area contributed by atoms with Gasteiger partial charge in [0.25, 0.3) is 40.5 Å². The van der Waals surface area contributed by atoms with E-state index >= 15 is 0 Å². The van der Waals surface area contributed by atoms with Gasteiger partial charge < -0.3 is 5.11 Å². The Morgan fingerprint density at radius 1 is 0.575 bits per heavy atom. The van der Waals surface area contributed by atoms with E-state index in [1.807, 2.05) is 0 Å². The predicted octanol–water partition coefficient (Wildman–Crippen LogP) is 2.80. The third-order valence-electron chi connectivity index (χ3n) is 5.39. The standard InChI is InChI=1S/C20H13N3O13S4/c21-11-2-1-9-4-18(40(34,35)36)19(20(24)14(9)6-11)23-22-15-8-13-10(5-17(15)39(31,32)33)3-12(37(25,26)27)7-16(13)38(28,29)30/h1-8,24H,(H,25,26,27)(H,28,29,30)(H,31,32,33)(H,34,35,36). The van der Waals surface area contributed by atoms with Gasteiger partial charge in [-0.1, -0.05) is 6.07 Å². The van der Waals surface area contributed by atoms with Gasteiger partial charge in [-0.2, -0.15) is 39.4 Å². The number of phenolic OH excluding ortho intramolecular Hbond substituents is 1. The van der Waals surface area contributed by atoms with Crippen LogP contribution in [-0.2, 0) is 40.5 Å². The molecule has 0 heterocycles. The van der Waals surface area contributed by atoms with Crippen LogP contribution in [0.3, 0.4) is 0 Å². The molecule has 0 atom stereocenters. The van der Waals surface area contributed by atoms with Gasteiger partial charge in [0.15, 0.2) is 5.75 Å². The number of aromatic hydroxyl groups is 1. The number of nitrogens with zero attached hydrogens (tertiary/aromatic N) is 3. The Kier molecular flexibility index (Phi) is 6.88. The maximum absolute atomic E-state index is 12.1. The molecule has 0 saturated heterocycles. The summed E-state index contributed by atoms with van der Waals surface area (Å²) in [5, 5.41) is 16.3. The molecule has 40 heavy (non-hydrogen) atoms. The van der Waals surface area contributed by atoms with Crippen LogP contribution in [0.4, 0.5) is 17.1 Å². The van der Waals surface area contributed by atoms with Crippen LogP contribution in [-0.4, -0.2) is 57.0 Å². The number of azo groups is 1. The maximum atomic E-state index is 12.1. The molecule has 20 heteroatoms. The first-order valence-corrected chi connectivity index (χ1v) is 15.9. The Morgan fingerprint density at radius 2 is 1.15 bits per heavy atom. The average Bonchev–Trinajstić information content (AvgIpc) is 2.80. The predicted molar refractivity (Wildman–Crippen MR) is 135 cm³/mol. The fourth-order valence-electron chi connectivity index (χ4n) is 3.69. The third-order valence-corrected chi connectivity index (χ3v) is 8.87. The molecule has 5 N–H and O–H groups in total. The molecule has 4 aromatic rings.